The van der Waals surface area contributed by atoms with Crippen LogP contribution in [0.1, 0.15) is 5.76 Å². The number of aromatic nitrogens is 2. The first-order valence-electron chi connectivity index (χ1n) is 8.64. The second-order valence-electron chi connectivity index (χ2n) is 5.90. The molecule has 1 amide bonds. The number of furan rings is 1. The van der Waals surface area contributed by atoms with Gasteiger partial charge in [-0.2, -0.15) is 0 Å². The zero-order valence-corrected chi connectivity index (χ0v) is 16.4. The molecule has 10 heteroatoms. The second-order valence-corrected chi connectivity index (χ2v) is 8.10. The minimum atomic E-state index is -0.206. The molecule has 4 rings (SSSR count). The Balaban J connectivity index is 1.17. The quantitative estimate of drug-likeness (QED) is 0.539. The van der Waals surface area contributed by atoms with E-state index < -0.39 is 0 Å². The van der Waals surface area contributed by atoms with Crippen LogP contribution < -0.4 is 20.1 Å². The Morgan fingerprint density at radius 3 is 2.96 bits per heavy atom. The molecule has 2 aromatic heterocycles. The highest BCUT2D eigenvalue weighted by Gasteiger charge is 2.21. The number of hydrogen-bond donors (Lipinski definition) is 2. The summed E-state index contributed by atoms with van der Waals surface area (Å²) in [6, 6.07) is 11.2. The molecule has 1 aliphatic heterocycles. The molecule has 3 heterocycles. The van der Waals surface area contributed by atoms with Gasteiger partial charge in [0.15, 0.2) is 15.8 Å². The van der Waals surface area contributed by atoms with Gasteiger partial charge in [-0.25, -0.2) is 0 Å². The number of para-hydroxylation sites is 2. The van der Waals surface area contributed by atoms with Gasteiger partial charge in [0.05, 0.1) is 25.1 Å². The van der Waals surface area contributed by atoms with Crippen molar-refractivity contribution in [3.8, 4) is 11.5 Å². The number of carbonyl (C=O) groups excluding carboxylic acids is 1. The number of amides is 1. The summed E-state index contributed by atoms with van der Waals surface area (Å²) in [4.78, 5) is 12.1. The molecule has 146 valence electrons. The van der Waals surface area contributed by atoms with E-state index in [1.165, 1.54) is 23.1 Å². The molecular formula is C18H18N4O4S2. The number of rotatable bonds is 8. The Kier molecular flexibility index (Phi) is 5.98. The summed E-state index contributed by atoms with van der Waals surface area (Å²) in [5, 5.41) is 14.8. The fraction of sp³-hybridized carbons (Fsp3) is 0.278. The van der Waals surface area contributed by atoms with E-state index >= 15 is 0 Å². The van der Waals surface area contributed by atoms with Crippen molar-refractivity contribution in [2.75, 3.05) is 24.2 Å². The van der Waals surface area contributed by atoms with Crippen LogP contribution in [0.25, 0.3) is 0 Å². The highest BCUT2D eigenvalue weighted by Crippen LogP contribution is 2.30. The lowest BCUT2D eigenvalue weighted by Gasteiger charge is -2.26. The molecule has 1 atom stereocenters. The molecule has 0 aliphatic carbocycles. The predicted octanol–water partition coefficient (Wildman–Crippen LogP) is 2.79. The Morgan fingerprint density at radius 2 is 2.11 bits per heavy atom. The highest BCUT2D eigenvalue weighted by atomic mass is 32.2. The molecule has 1 aromatic carbocycles. The largest absolute Gasteiger partial charge is 0.486 e. The first-order valence-corrected chi connectivity index (χ1v) is 10.4. The summed E-state index contributed by atoms with van der Waals surface area (Å²) in [6.45, 7) is 1.34. The number of nitrogens with one attached hydrogen (secondary N) is 2. The molecule has 0 bridgehead atoms. The lowest BCUT2D eigenvalue weighted by molar-refractivity contribution is -0.119. The van der Waals surface area contributed by atoms with E-state index in [1.54, 1.807) is 6.26 Å². The van der Waals surface area contributed by atoms with Crippen molar-refractivity contribution >= 4 is 34.1 Å². The Hall–Kier alpha value is -2.72. The number of hydrogen-bond acceptors (Lipinski definition) is 9. The van der Waals surface area contributed by atoms with Gasteiger partial charge >= 0.3 is 0 Å². The van der Waals surface area contributed by atoms with Gasteiger partial charge < -0.3 is 24.5 Å². The summed E-state index contributed by atoms with van der Waals surface area (Å²) in [5.41, 5.74) is 0. The number of fused-ring (bicyclic) bond motifs is 1. The van der Waals surface area contributed by atoms with Gasteiger partial charge in [-0.1, -0.05) is 35.2 Å². The van der Waals surface area contributed by atoms with Crippen LogP contribution in [-0.4, -0.2) is 41.1 Å². The third kappa shape index (κ3) is 4.96. The summed E-state index contributed by atoms with van der Waals surface area (Å²) >= 11 is 2.74. The van der Waals surface area contributed by atoms with E-state index in [2.05, 4.69) is 20.8 Å². The van der Waals surface area contributed by atoms with Crippen molar-refractivity contribution < 1.29 is 18.7 Å². The number of benzene rings is 1. The maximum atomic E-state index is 12.1. The smallest absolute Gasteiger partial charge is 0.230 e. The van der Waals surface area contributed by atoms with Gasteiger partial charge in [-0.05, 0) is 24.3 Å². The van der Waals surface area contributed by atoms with Crippen LogP contribution in [-0.2, 0) is 11.3 Å². The van der Waals surface area contributed by atoms with Crippen molar-refractivity contribution in [2.24, 2.45) is 0 Å². The van der Waals surface area contributed by atoms with Gasteiger partial charge in [0.1, 0.15) is 18.5 Å². The molecule has 0 saturated heterocycles. The average molecular weight is 419 g/mol. The second kappa shape index (κ2) is 8.98. The Labute approximate surface area is 169 Å². The van der Waals surface area contributed by atoms with Gasteiger partial charge in [0, 0.05) is 0 Å². The van der Waals surface area contributed by atoms with Gasteiger partial charge in [0.25, 0.3) is 0 Å². The molecule has 0 fully saturated rings. The SMILES string of the molecule is O=C(CSc1nnc(NCc2ccco2)s1)NCC1COc2ccccc2O1. The first kappa shape index (κ1) is 18.6. The molecule has 28 heavy (non-hydrogen) atoms. The fourth-order valence-electron chi connectivity index (χ4n) is 2.49. The molecule has 0 radical (unpaired) electrons. The van der Waals surface area contributed by atoms with Gasteiger partial charge in [0.2, 0.25) is 11.0 Å². The van der Waals surface area contributed by atoms with Crippen molar-refractivity contribution in [1.82, 2.24) is 15.5 Å². The highest BCUT2D eigenvalue weighted by molar-refractivity contribution is 8.01. The number of carbonyl (C=O) groups is 1. The summed E-state index contributed by atoms with van der Waals surface area (Å²) in [7, 11) is 0. The van der Waals surface area contributed by atoms with E-state index in [9.17, 15) is 4.79 Å². The molecule has 0 saturated carbocycles. The van der Waals surface area contributed by atoms with E-state index in [0.29, 0.717) is 30.6 Å². The summed E-state index contributed by atoms with van der Waals surface area (Å²) < 4.78 is 17.4. The lowest BCUT2D eigenvalue weighted by Crippen LogP contribution is -2.41. The molecule has 2 N–H and O–H groups in total. The van der Waals surface area contributed by atoms with Gasteiger partial charge in [-0.3, -0.25) is 4.79 Å². The van der Waals surface area contributed by atoms with Crippen LogP contribution in [0, 0.1) is 0 Å². The van der Waals surface area contributed by atoms with Crippen LogP contribution in [0.15, 0.2) is 51.4 Å². The zero-order chi connectivity index (χ0) is 19.2. The van der Waals surface area contributed by atoms with Crippen molar-refractivity contribution in [3.63, 3.8) is 0 Å². The van der Waals surface area contributed by atoms with E-state index in [1.807, 2.05) is 36.4 Å². The third-order valence-electron chi connectivity index (χ3n) is 3.82. The standard InChI is InChI=1S/C18H18N4O4S2/c23-16(19-9-13-10-25-14-5-1-2-6-15(14)26-13)11-27-18-22-21-17(28-18)20-8-12-4-3-7-24-12/h1-7,13H,8-11H2,(H,19,23)(H,20,21). The van der Waals surface area contributed by atoms with E-state index in [4.69, 9.17) is 13.9 Å². The zero-order valence-electron chi connectivity index (χ0n) is 14.8. The molecule has 1 unspecified atom stereocenters. The van der Waals surface area contributed by atoms with Crippen LogP contribution >= 0.6 is 23.1 Å². The Morgan fingerprint density at radius 1 is 1.21 bits per heavy atom. The molecular weight excluding hydrogens is 400 g/mol. The monoisotopic (exact) mass is 418 g/mol. The maximum Gasteiger partial charge on any atom is 0.230 e. The first-order chi connectivity index (χ1) is 13.8. The minimum Gasteiger partial charge on any atom is -0.486 e. The van der Waals surface area contributed by atoms with Gasteiger partial charge in [-0.15, -0.1) is 10.2 Å². The molecule has 3 aromatic rings. The molecule has 8 nitrogen and oxygen atoms in total. The van der Waals surface area contributed by atoms with Crippen molar-refractivity contribution in [3.05, 3.63) is 48.4 Å². The summed E-state index contributed by atoms with van der Waals surface area (Å²) in [5.74, 6) is 2.42. The molecule has 0 spiro atoms. The van der Waals surface area contributed by atoms with Crippen molar-refractivity contribution in [2.45, 2.75) is 17.0 Å². The number of anilines is 1. The Bertz CT molecular complexity index is 916. The maximum absolute atomic E-state index is 12.1. The van der Waals surface area contributed by atoms with Crippen LogP contribution in [0.3, 0.4) is 0 Å². The molecule has 1 aliphatic rings. The van der Waals surface area contributed by atoms with Crippen molar-refractivity contribution in [1.29, 1.82) is 0 Å². The van der Waals surface area contributed by atoms with Crippen LogP contribution in [0.4, 0.5) is 5.13 Å². The topological polar surface area (TPSA) is 98.5 Å². The fourth-order valence-corrected chi connectivity index (χ4v) is 4.06. The summed E-state index contributed by atoms with van der Waals surface area (Å²) in [6.07, 6.45) is 1.42. The number of ether oxygens (including phenoxy) is 2. The number of thioether (sulfide) groups is 1. The third-order valence-corrected chi connectivity index (χ3v) is 5.84. The van der Waals surface area contributed by atoms with Crippen LogP contribution in [0.5, 0.6) is 11.5 Å². The lowest BCUT2D eigenvalue weighted by atomic mass is 10.2. The number of nitrogens with zero attached hydrogens (tertiary/aromatic N) is 2. The minimum absolute atomic E-state index is 0.0900. The predicted molar refractivity (Wildman–Crippen MR) is 106 cm³/mol. The van der Waals surface area contributed by atoms with E-state index in [-0.39, 0.29) is 17.8 Å². The van der Waals surface area contributed by atoms with E-state index in [0.717, 1.165) is 15.8 Å². The van der Waals surface area contributed by atoms with Crippen LogP contribution in [0.2, 0.25) is 0 Å². The average Bonchev–Trinajstić information content (AvgIpc) is 3.41. The normalized spacial score (nSPS) is 15.2.